The van der Waals surface area contributed by atoms with E-state index < -0.39 is 0 Å². The van der Waals surface area contributed by atoms with E-state index in [2.05, 4.69) is 10.2 Å². The second-order valence-electron chi connectivity index (χ2n) is 5.59. The molecule has 138 valence electrons. The van der Waals surface area contributed by atoms with Crippen molar-refractivity contribution in [1.82, 2.24) is 10.2 Å². The Labute approximate surface area is 161 Å². The number of hydrogen-bond acceptors (Lipinski definition) is 4. The van der Waals surface area contributed by atoms with Crippen LogP contribution < -0.4 is 15.8 Å². The van der Waals surface area contributed by atoms with Gasteiger partial charge in [-0.15, -0.1) is 24.8 Å². The van der Waals surface area contributed by atoms with Crippen molar-refractivity contribution in [1.29, 1.82) is 0 Å². The number of nitrogens with zero attached hydrogens (tertiary/aromatic N) is 1. The van der Waals surface area contributed by atoms with Gasteiger partial charge in [-0.2, -0.15) is 0 Å². The highest BCUT2D eigenvalue weighted by atomic mass is 35.5. The minimum Gasteiger partial charge on any atom is -0.496 e. The molecule has 1 amide bonds. The number of nitrogen functional groups attached to an aromatic ring is 1. The Bertz CT molecular complexity index is 524. The van der Waals surface area contributed by atoms with Gasteiger partial charge in [-0.1, -0.05) is 18.0 Å². The lowest BCUT2D eigenvalue weighted by Crippen LogP contribution is -2.33. The minimum atomic E-state index is -0.183. The van der Waals surface area contributed by atoms with E-state index in [1.54, 1.807) is 12.1 Å². The Morgan fingerprint density at radius 3 is 2.58 bits per heavy atom. The molecule has 1 aliphatic heterocycles. The third kappa shape index (κ3) is 6.55. The number of nitrogens with one attached hydrogen (secondary N) is 1. The summed E-state index contributed by atoms with van der Waals surface area (Å²) in [6.07, 6.45) is 4.85. The molecule has 0 aliphatic carbocycles. The van der Waals surface area contributed by atoms with E-state index >= 15 is 0 Å². The summed E-state index contributed by atoms with van der Waals surface area (Å²) in [6, 6.07) is 3.13. The number of nitrogens with two attached hydrogens (primary N) is 1. The number of carbonyl (C=O) groups is 1. The number of piperidine rings is 1. The summed E-state index contributed by atoms with van der Waals surface area (Å²) in [6.45, 7) is 4.02. The first-order valence-electron chi connectivity index (χ1n) is 7.75. The second-order valence-corrected chi connectivity index (χ2v) is 5.99. The van der Waals surface area contributed by atoms with Crippen molar-refractivity contribution in [3.05, 3.63) is 22.7 Å². The van der Waals surface area contributed by atoms with Crippen molar-refractivity contribution in [2.45, 2.75) is 25.7 Å². The number of halogens is 3. The largest absolute Gasteiger partial charge is 0.496 e. The average molecular weight is 399 g/mol. The molecule has 0 aromatic heterocycles. The van der Waals surface area contributed by atoms with Gasteiger partial charge in [-0.05, 0) is 45.0 Å². The molecular formula is C16H26Cl3N3O2. The van der Waals surface area contributed by atoms with E-state index in [4.69, 9.17) is 22.1 Å². The van der Waals surface area contributed by atoms with Crippen molar-refractivity contribution in [2.75, 3.05) is 39.0 Å². The molecule has 0 bridgehead atoms. The van der Waals surface area contributed by atoms with Gasteiger partial charge in [0.2, 0.25) is 0 Å². The summed E-state index contributed by atoms with van der Waals surface area (Å²) < 4.78 is 5.20. The summed E-state index contributed by atoms with van der Waals surface area (Å²) in [5.74, 6) is 0.257. The molecule has 1 aromatic rings. The fourth-order valence-electron chi connectivity index (χ4n) is 2.70. The van der Waals surface area contributed by atoms with Crippen LogP contribution in [0.25, 0.3) is 0 Å². The van der Waals surface area contributed by atoms with Gasteiger partial charge in [-0.25, -0.2) is 0 Å². The fourth-order valence-corrected chi connectivity index (χ4v) is 2.86. The summed E-state index contributed by atoms with van der Waals surface area (Å²) in [4.78, 5) is 14.7. The number of amides is 1. The van der Waals surface area contributed by atoms with Crippen molar-refractivity contribution in [3.63, 3.8) is 0 Å². The number of carbonyl (C=O) groups excluding carboxylic acids is 1. The van der Waals surface area contributed by atoms with E-state index in [1.807, 2.05) is 0 Å². The molecule has 1 aliphatic rings. The van der Waals surface area contributed by atoms with Crippen molar-refractivity contribution < 1.29 is 9.53 Å². The summed E-state index contributed by atoms with van der Waals surface area (Å²) in [5.41, 5.74) is 6.54. The van der Waals surface area contributed by atoms with Crippen molar-refractivity contribution in [3.8, 4) is 5.75 Å². The minimum absolute atomic E-state index is 0. The molecule has 0 atom stereocenters. The van der Waals surface area contributed by atoms with E-state index in [9.17, 15) is 4.79 Å². The molecule has 0 spiro atoms. The third-order valence-corrected chi connectivity index (χ3v) is 4.28. The molecule has 1 saturated heterocycles. The molecule has 1 aromatic carbocycles. The summed E-state index contributed by atoms with van der Waals surface area (Å²) in [7, 11) is 1.51. The van der Waals surface area contributed by atoms with Crippen LogP contribution in [0.5, 0.6) is 5.75 Å². The SMILES string of the molecule is COc1cc(N)c(Cl)cc1C(=O)NCCCN1CCCCC1.Cl.Cl. The molecule has 0 radical (unpaired) electrons. The van der Waals surface area contributed by atoms with Crippen LogP contribution in [0.3, 0.4) is 0 Å². The van der Waals surface area contributed by atoms with E-state index in [-0.39, 0.29) is 30.7 Å². The van der Waals surface area contributed by atoms with Gasteiger partial charge < -0.3 is 20.7 Å². The number of likely N-dealkylation sites (tertiary alicyclic amines) is 1. The Morgan fingerprint density at radius 1 is 1.29 bits per heavy atom. The fraction of sp³-hybridized carbons (Fsp3) is 0.562. The maximum atomic E-state index is 12.2. The van der Waals surface area contributed by atoms with Gasteiger partial charge in [0.25, 0.3) is 5.91 Å². The normalized spacial score (nSPS) is 14.2. The molecule has 2 rings (SSSR count). The van der Waals surface area contributed by atoms with Crippen molar-refractivity contribution in [2.24, 2.45) is 0 Å². The van der Waals surface area contributed by atoms with Crippen LogP contribution in [-0.2, 0) is 0 Å². The molecule has 24 heavy (non-hydrogen) atoms. The van der Waals surface area contributed by atoms with E-state index in [0.29, 0.717) is 28.6 Å². The Morgan fingerprint density at radius 2 is 1.96 bits per heavy atom. The lowest BCUT2D eigenvalue weighted by atomic mass is 10.1. The lowest BCUT2D eigenvalue weighted by Gasteiger charge is -2.26. The third-order valence-electron chi connectivity index (χ3n) is 3.95. The number of ether oxygens (including phenoxy) is 1. The van der Waals surface area contributed by atoms with E-state index in [0.717, 1.165) is 13.0 Å². The topological polar surface area (TPSA) is 67.6 Å². The number of methoxy groups -OCH3 is 1. The molecule has 1 heterocycles. The highest BCUT2D eigenvalue weighted by Crippen LogP contribution is 2.28. The first kappa shape index (κ1) is 23.1. The van der Waals surface area contributed by atoms with Gasteiger partial charge in [0.15, 0.2) is 0 Å². The van der Waals surface area contributed by atoms with Gasteiger partial charge in [0.1, 0.15) is 5.75 Å². The zero-order valence-electron chi connectivity index (χ0n) is 13.8. The molecule has 0 unspecified atom stereocenters. The zero-order valence-corrected chi connectivity index (χ0v) is 16.2. The van der Waals surface area contributed by atoms with Crippen LogP contribution in [0.15, 0.2) is 12.1 Å². The average Bonchev–Trinajstić information content (AvgIpc) is 2.54. The highest BCUT2D eigenvalue weighted by molar-refractivity contribution is 6.33. The van der Waals surface area contributed by atoms with Crippen LogP contribution in [0.2, 0.25) is 5.02 Å². The van der Waals surface area contributed by atoms with Gasteiger partial charge in [0, 0.05) is 12.6 Å². The highest BCUT2D eigenvalue weighted by Gasteiger charge is 2.15. The standard InChI is InChI=1S/C16H24ClN3O2.2ClH/c1-22-15-11-14(18)13(17)10-12(15)16(21)19-6-5-9-20-7-3-2-4-8-20;;/h10-11H,2-9,18H2,1H3,(H,19,21);2*1H. The molecule has 8 heteroatoms. The Hall–Kier alpha value is -0.880. The maximum Gasteiger partial charge on any atom is 0.255 e. The number of rotatable bonds is 6. The van der Waals surface area contributed by atoms with Gasteiger partial charge >= 0.3 is 0 Å². The summed E-state index contributed by atoms with van der Waals surface area (Å²) >= 11 is 5.98. The van der Waals surface area contributed by atoms with Crippen LogP contribution in [0.1, 0.15) is 36.0 Å². The van der Waals surface area contributed by atoms with Crippen LogP contribution in [0.4, 0.5) is 5.69 Å². The molecule has 0 saturated carbocycles. The zero-order chi connectivity index (χ0) is 15.9. The number of anilines is 1. The smallest absolute Gasteiger partial charge is 0.255 e. The lowest BCUT2D eigenvalue weighted by molar-refractivity contribution is 0.0948. The van der Waals surface area contributed by atoms with Gasteiger partial charge in [0.05, 0.1) is 23.4 Å². The number of benzene rings is 1. The van der Waals surface area contributed by atoms with E-state index in [1.165, 1.54) is 39.5 Å². The molecule has 3 N–H and O–H groups in total. The molecular weight excluding hydrogens is 373 g/mol. The summed E-state index contributed by atoms with van der Waals surface area (Å²) in [5, 5.41) is 3.28. The van der Waals surface area contributed by atoms with Crippen LogP contribution in [0, 0.1) is 0 Å². The molecule has 1 fully saturated rings. The van der Waals surface area contributed by atoms with Crippen molar-refractivity contribution >= 4 is 48.0 Å². The second kappa shape index (κ2) is 11.6. The Kier molecular flexibility index (Phi) is 11.2. The maximum absolute atomic E-state index is 12.2. The first-order chi connectivity index (χ1) is 10.6. The quantitative estimate of drug-likeness (QED) is 0.569. The van der Waals surface area contributed by atoms with Crippen LogP contribution in [-0.4, -0.2) is 44.1 Å². The predicted octanol–water partition coefficient (Wildman–Crippen LogP) is 3.38. The van der Waals surface area contributed by atoms with Gasteiger partial charge in [-0.3, -0.25) is 4.79 Å². The van der Waals surface area contributed by atoms with Crippen LogP contribution >= 0.6 is 36.4 Å². The number of hydrogen-bond donors (Lipinski definition) is 2. The Balaban J connectivity index is 0.00000264. The predicted molar refractivity (Wildman–Crippen MR) is 104 cm³/mol. The monoisotopic (exact) mass is 397 g/mol. The first-order valence-corrected chi connectivity index (χ1v) is 8.13. The molecule has 5 nitrogen and oxygen atoms in total.